The Hall–Kier alpha value is -3.79. The van der Waals surface area contributed by atoms with E-state index in [-0.39, 0.29) is 24.5 Å². The molecular formula is C21H18N2O7S. The molecule has 160 valence electrons. The van der Waals surface area contributed by atoms with Crippen LogP contribution in [0.3, 0.4) is 0 Å². The van der Waals surface area contributed by atoms with E-state index in [1.807, 2.05) is 0 Å². The molecule has 0 aliphatic carbocycles. The maximum atomic E-state index is 12.6. The van der Waals surface area contributed by atoms with Gasteiger partial charge in [0.15, 0.2) is 5.17 Å². The quantitative estimate of drug-likeness (QED) is 0.556. The van der Waals surface area contributed by atoms with Crippen LogP contribution in [-0.4, -0.2) is 56.9 Å². The topological polar surface area (TPSA) is 137 Å². The average molecular weight is 442 g/mol. The first-order valence-corrected chi connectivity index (χ1v) is 9.83. The van der Waals surface area contributed by atoms with Crippen LogP contribution in [0.1, 0.15) is 22.3 Å². The summed E-state index contributed by atoms with van der Waals surface area (Å²) in [5.41, 5.74) is 0.764. The minimum Gasteiger partial charge on any atom is -0.507 e. The Labute approximate surface area is 181 Å². The molecule has 3 rings (SSSR count). The van der Waals surface area contributed by atoms with Crippen molar-refractivity contribution in [3.05, 3.63) is 58.5 Å². The first-order valence-electron chi connectivity index (χ1n) is 9.02. The number of amidine groups is 1. The van der Waals surface area contributed by atoms with E-state index >= 15 is 0 Å². The largest absolute Gasteiger partial charge is 0.507 e. The van der Waals surface area contributed by atoms with Crippen LogP contribution in [0.15, 0.2) is 52.4 Å². The lowest BCUT2D eigenvalue weighted by molar-refractivity contribution is -0.137. The van der Waals surface area contributed by atoms with Gasteiger partial charge in [-0.05, 0) is 47.7 Å². The Bertz CT molecular complexity index is 1110. The van der Waals surface area contributed by atoms with Crippen LogP contribution in [0.2, 0.25) is 0 Å². The fourth-order valence-electron chi connectivity index (χ4n) is 2.63. The van der Waals surface area contributed by atoms with E-state index in [4.69, 9.17) is 14.9 Å². The number of carboxylic acids is 2. The van der Waals surface area contributed by atoms with Gasteiger partial charge in [0.25, 0.3) is 5.91 Å². The van der Waals surface area contributed by atoms with Gasteiger partial charge >= 0.3 is 11.9 Å². The van der Waals surface area contributed by atoms with E-state index < -0.39 is 17.7 Å². The molecule has 0 atom stereocenters. The fraction of sp³-hybridized carbons (Fsp3) is 0.143. The predicted molar refractivity (Wildman–Crippen MR) is 115 cm³/mol. The van der Waals surface area contributed by atoms with Crippen LogP contribution < -0.4 is 4.74 Å². The van der Waals surface area contributed by atoms with Crippen molar-refractivity contribution in [1.82, 2.24) is 4.90 Å². The van der Waals surface area contributed by atoms with Gasteiger partial charge in [0, 0.05) is 13.1 Å². The predicted octanol–water partition coefficient (Wildman–Crippen LogP) is 3.18. The molecule has 0 spiro atoms. The number of aromatic carboxylic acids is 1. The summed E-state index contributed by atoms with van der Waals surface area (Å²) in [6.07, 6.45) is 1.55. The molecule has 10 heteroatoms. The summed E-state index contributed by atoms with van der Waals surface area (Å²) in [7, 11) is 1.56. The molecule has 1 heterocycles. The van der Waals surface area contributed by atoms with Crippen molar-refractivity contribution in [2.24, 2.45) is 4.99 Å². The normalized spacial score (nSPS) is 16.2. The summed E-state index contributed by atoms with van der Waals surface area (Å²) >= 11 is 1.13. The van der Waals surface area contributed by atoms with E-state index in [0.29, 0.717) is 27.1 Å². The van der Waals surface area contributed by atoms with Crippen LogP contribution >= 0.6 is 11.8 Å². The molecule has 31 heavy (non-hydrogen) atoms. The van der Waals surface area contributed by atoms with Crippen LogP contribution in [0.5, 0.6) is 11.5 Å². The number of thioether (sulfide) groups is 1. The van der Waals surface area contributed by atoms with Gasteiger partial charge in [0.05, 0.1) is 23.6 Å². The molecule has 1 amide bonds. The first-order chi connectivity index (χ1) is 14.7. The number of nitrogens with zero attached hydrogens (tertiary/aromatic N) is 2. The Morgan fingerprint density at radius 1 is 1.19 bits per heavy atom. The number of likely N-dealkylation sites (N-methyl/N-ethyl adjacent to an activating group) is 1. The highest BCUT2D eigenvalue weighted by molar-refractivity contribution is 8.18. The number of ether oxygens (including phenoxy) is 1. The average Bonchev–Trinajstić information content (AvgIpc) is 2.95. The number of aliphatic carboxylic acids is 1. The number of aromatic hydroxyl groups is 1. The maximum Gasteiger partial charge on any atom is 0.339 e. The zero-order valence-corrected chi connectivity index (χ0v) is 17.1. The Morgan fingerprint density at radius 3 is 2.65 bits per heavy atom. The Morgan fingerprint density at radius 2 is 1.97 bits per heavy atom. The summed E-state index contributed by atoms with van der Waals surface area (Å²) in [4.78, 5) is 40.3. The van der Waals surface area contributed by atoms with E-state index in [2.05, 4.69) is 4.99 Å². The van der Waals surface area contributed by atoms with Crippen LogP contribution in [-0.2, 0) is 9.59 Å². The number of phenols is 1. The lowest BCUT2D eigenvalue weighted by atomic mass is 10.2. The number of benzene rings is 2. The third-order valence-corrected chi connectivity index (χ3v) is 5.24. The molecule has 3 N–H and O–H groups in total. The highest BCUT2D eigenvalue weighted by Crippen LogP contribution is 2.34. The Kier molecular flexibility index (Phi) is 6.61. The molecule has 2 aromatic rings. The number of amides is 1. The molecule has 1 fully saturated rings. The van der Waals surface area contributed by atoms with Crippen LogP contribution in [0, 0.1) is 0 Å². The number of hydrogen-bond acceptors (Lipinski definition) is 7. The number of carbonyl (C=O) groups is 3. The van der Waals surface area contributed by atoms with Gasteiger partial charge in [-0.2, -0.15) is 0 Å². The van der Waals surface area contributed by atoms with Crippen molar-refractivity contribution < 1.29 is 34.4 Å². The number of rotatable bonds is 7. The van der Waals surface area contributed by atoms with E-state index in [0.717, 1.165) is 11.8 Å². The second-order valence-corrected chi connectivity index (χ2v) is 7.45. The molecule has 0 unspecified atom stereocenters. The van der Waals surface area contributed by atoms with Crippen molar-refractivity contribution in [3.8, 4) is 11.5 Å². The van der Waals surface area contributed by atoms with Gasteiger partial charge < -0.3 is 20.1 Å². The summed E-state index contributed by atoms with van der Waals surface area (Å²) in [6, 6.07) is 10.8. The zero-order valence-electron chi connectivity index (χ0n) is 16.3. The molecule has 2 aromatic carbocycles. The maximum absolute atomic E-state index is 12.6. The van der Waals surface area contributed by atoms with Crippen molar-refractivity contribution in [2.75, 3.05) is 13.7 Å². The SMILES string of the molecule is CN1C(=O)/C(=C/c2cccc(OCCC(=O)O)c2)SC1=Nc1ccc(C(=O)O)c(O)c1. The molecule has 0 radical (unpaired) electrons. The van der Waals surface area contributed by atoms with E-state index in [1.54, 1.807) is 37.4 Å². The van der Waals surface area contributed by atoms with Gasteiger partial charge in [-0.3, -0.25) is 14.5 Å². The van der Waals surface area contributed by atoms with Gasteiger partial charge in [0.1, 0.15) is 17.1 Å². The molecule has 0 aromatic heterocycles. The van der Waals surface area contributed by atoms with Gasteiger partial charge in [-0.25, -0.2) is 9.79 Å². The summed E-state index contributed by atoms with van der Waals surface area (Å²) in [5, 5.41) is 27.9. The zero-order chi connectivity index (χ0) is 22.5. The first kappa shape index (κ1) is 21.9. The summed E-state index contributed by atoms with van der Waals surface area (Å²) < 4.78 is 5.41. The highest BCUT2D eigenvalue weighted by atomic mass is 32.2. The Balaban J connectivity index is 1.79. The summed E-state index contributed by atoms with van der Waals surface area (Å²) in [5.74, 6) is -2.40. The van der Waals surface area contributed by atoms with Gasteiger partial charge in [-0.15, -0.1) is 0 Å². The number of carboxylic acid groups (broad SMARTS) is 2. The molecule has 1 aliphatic rings. The minimum absolute atomic E-state index is 0.0378. The standard InChI is InChI=1S/C21H18N2O7S/c1-23-19(27)17(10-12-3-2-4-14(9-12)30-8-7-18(25)26)31-21(23)22-13-5-6-15(20(28)29)16(24)11-13/h2-6,9-11,24H,7-8H2,1H3,(H,25,26)(H,28,29)/b17-10-,22-21?. The third kappa shape index (κ3) is 5.43. The van der Waals surface area contributed by atoms with Gasteiger partial charge in [0.2, 0.25) is 0 Å². The smallest absolute Gasteiger partial charge is 0.339 e. The monoisotopic (exact) mass is 442 g/mol. The second-order valence-electron chi connectivity index (χ2n) is 6.44. The third-order valence-electron chi connectivity index (χ3n) is 4.18. The number of aliphatic imine (C=N–C) groups is 1. The molecule has 1 saturated heterocycles. The lowest BCUT2D eigenvalue weighted by Crippen LogP contribution is -2.23. The lowest BCUT2D eigenvalue weighted by Gasteiger charge is -2.07. The van der Waals surface area contributed by atoms with E-state index in [1.165, 1.54) is 23.1 Å². The summed E-state index contributed by atoms with van der Waals surface area (Å²) in [6.45, 7) is 0.0378. The molecule has 1 aliphatic heterocycles. The van der Waals surface area contributed by atoms with Crippen molar-refractivity contribution in [3.63, 3.8) is 0 Å². The van der Waals surface area contributed by atoms with Gasteiger partial charge in [-0.1, -0.05) is 12.1 Å². The number of hydrogen-bond donors (Lipinski definition) is 3. The molecule has 9 nitrogen and oxygen atoms in total. The second kappa shape index (κ2) is 9.35. The van der Waals surface area contributed by atoms with Crippen molar-refractivity contribution >= 4 is 46.5 Å². The molecule has 0 saturated carbocycles. The fourth-order valence-corrected chi connectivity index (χ4v) is 3.62. The number of carbonyl (C=O) groups excluding carboxylic acids is 1. The van der Waals surface area contributed by atoms with Crippen LogP contribution in [0.4, 0.5) is 5.69 Å². The minimum atomic E-state index is -1.25. The van der Waals surface area contributed by atoms with Crippen molar-refractivity contribution in [2.45, 2.75) is 6.42 Å². The molecule has 0 bridgehead atoms. The van der Waals surface area contributed by atoms with Crippen molar-refractivity contribution in [1.29, 1.82) is 0 Å². The van der Waals surface area contributed by atoms with Crippen LogP contribution in [0.25, 0.3) is 6.08 Å². The molecular weight excluding hydrogens is 424 g/mol. The van der Waals surface area contributed by atoms with E-state index in [9.17, 15) is 19.5 Å². The highest BCUT2D eigenvalue weighted by Gasteiger charge is 2.30.